The van der Waals surface area contributed by atoms with Crippen LogP contribution in [0.1, 0.15) is 16.7 Å². The zero-order valence-electron chi connectivity index (χ0n) is 17.9. The van der Waals surface area contributed by atoms with Crippen LogP contribution in [0.3, 0.4) is 0 Å². The maximum atomic E-state index is 12.5. The largest absolute Gasteiger partial charge is 0.342 e. The van der Waals surface area contributed by atoms with E-state index in [0.717, 1.165) is 49.9 Å². The number of benzene rings is 4. The summed E-state index contributed by atoms with van der Waals surface area (Å²) in [6.07, 6.45) is 4.04. The van der Waals surface area contributed by atoms with Crippen molar-refractivity contribution in [3.63, 3.8) is 0 Å². The fourth-order valence-corrected chi connectivity index (χ4v) is 4.25. The molecule has 5 aromatic rings. The number of rotatable bonds is 6. The molecule has 1 aromatic heterocycles. The minimum absolute atomic E-state index is 0.146. The van der Waals surface area contributed by atoms with E-state index in [1.54, 1.807) is 6.21 Å². The van der Waals surface area contributed by atoms with Gasteiger partial charge in [-0.05, 0) is 40.1 Å². The summed E-state index contributed by atoms with van der Waals surface area (Å²) in [6.45, 7) is 0.721. The van der Waals surface area contributed by atoms with Crippen molar-refractivity contribution in [2.24, 2.45) is 5.10 Å². The molecule has 0 aliphatic heterocycles. The highest BCUT2D eigenvalue weighted by molar-refractivity contribution is 6.30. The Kier molecular flexibility index (Phi) is 5.92. The highest BCUT2D eigenvalue weighted by Gasteiger charge is 2.09. The summed E-state index contributed by atoms with van der Waals surface area (Å²) in [4.78, 5) is 12.5. The van der Waals surface area contributed by atoms with Crippen LogP contribution >= 0.6 is 11.6 Å². The number of hydrogen-bond acceptors (Lipinski definition) is 2. The van der Waals surface area contributed by atoms with Crippen LogP contribution in [0.25, 0.3) is 21.7 Å². The van der Waals surface area contributed by atoms with Crippen LogP contribution in [0.5, 0.6) is 0 Å². The number of nitrogens with zero attached hydrogens (tertiary/aromatic N) is 2. The lowest BCUT2D eigenvalue weighted by Gasteiger charge is -2.05. The van der Waals surface area contributed by atoms with Crippen molar-refractivity contribution in [3.05, 3.63) is 119 Å². The van der Waals surface area contributed by atoms with E-state index in [4.69, 9.17) is 11.6 Å². The molecular formula is C28H22ClN3O. The van der Waals surface area contributed by atoms with Gasteiger partial charge in [-0.3, -0.25) is 4.79 Å². The van der Waals surface area contributed by atoms with Crippen molar-refractivity contribution in [2.75, 3.05) is 0 Å². The Labute approximate surface area is 197 Å². The first-order valence-electron chi connectivity index (χ1n) is 10.8. The highest BCUT2D eigenvalue weighted by Crippen LogP contribution is 2.22. The smallest absolute Gasteiger partial charge is 0.244 e. The van der Waals surface area contributed by atoms with Gasteiger partial charge in [-0.25, -0.2) is 5.43 Å². The molecule has 1 heterocycles. The number of nitrogens with one attached hydrogen (secondary N) is 1. The number of halogens is 1. The molecular weight excluding hydrogens is 430 g/mol. The van der Waals surface area contributed by atoms with Crippen molar-refractivity contribution >= 4 is 45.4 Å². The van der Waals surface area contributed by atoms with Gasteiger partial charge >= 0.3 is 0 Å². The number of carbonyl (C=O) groups is 1. The molecule has 4 nitrogen and oxygen atoms in total. The van der Waals surface area contributed by atoms with E-state index in [9.17, 15) is 4.79 Å². The molecule has 0 saturated carbocycles. The first-order valence-corrected chi connectivity index (χ1v) is 11.2. The standard InChI is InChI=1S/C28H22ClN3O/c29-24-14-12-20(13-15-24)18-32-19-23(26-10-3-4-11-27(26)32)17-30-31-28(33)16-22-8-5-7-21-6-1-2-9-25(21)22/h1-15,17,19H,16,18H2,(H,31,33)/b30-17-. The lowest BCUT2D eigenvalue weighted by atomic mass is 10.0. The van der Waals surface area contributed by atoms with E-state index in [1.165, 1.54) is 0 Å². The Hall–Kier alpha value is -3.89. The normalized spacial score (nSPS) is 11.4. The van der Waals surface area contributed by atoms with Crippen LogP contribution in [0.15, 0.2) is 102 Å². The molecule has 5 rings (SSSR count). The first-order chi connectivity index (χ1) is 16.2. The molecule has 0 saturated heterocycles. The molecule has 0 spiro atoms. The third-order valence-corrected chi connectivity index (χ3v) is 5.96. The van der Waals surface area contributed by atoms with E-state index in [1.807, 2.05) is 66.7 Å². The second kappa shape index (κ2) is 9.31. The van der Waals surface area contributed by atoms with Gasteiger partial charge in [0.1, 0.15) is 0 Å². The van der Waals surface area contributed by atoms with Crippen molar-refractivity contribution in [3.8, 4) is 0 Å². The molecule has 0 aliphatic rings. The Morgan fingerprint density at radius 3 is 2.45 bits per heavy atom. The van der Waals surface area contributed by atoms with Crippen LogP contribution in [0.2, 0.25) is 5.02 Å². The van der Waals surface area contributed by atoms with Crippen molar-refractivity contribution < 1.29 is 4.79 Å². The van der Waals surface area contributed by atoms with Gasteiger partial charge in [0.15, 0.2) is 0 Å². The summed E-state index contributed by atoms with van der Waals surface area (Å²) >= 11 is 6.02. The summed E-state index contributed by atoms with van der Waals surface area (Å²) in [5.41, 5.74) is 6.88. The number of aromatic nitrogens is 1. The van der Waals surface area contributed by atoms with Gasteiger partial charge in [0.25, 0.3) is 0 Å². The molecule has 0 fully saturated rings. The molecule has 0 aliphatic carbocycles. The molecule has 0 unspecified atom stereocenters. The number of carbonyl (C=O) groups excluding carboxylic acids is 1. The summed E-state index contributed by atoms with van der Waals surface area (Å²) in [5.74, 6) is -0.146. The number of para-hydroxylation sites is 1. The lowest BCUT2D eigenvalue weighted by Crippen LogP contribution is -2.19. The Morgan fingerprint density at radius 2 is 1.61 bits per heavy atom. The predicted molar refractivity (Wildman–Crippen MR) is 136 cm³/mol. The average molecular weight is 452 g/mol. The highest BCUT2D eigenvalue weighted by atomic mass is 35.5. The van der Waals surface area contributed by atoms with Crippen molar-refractivity contribution in [1.29, 1.82) is 0 Å². The van der Waals surface area contributed by atoms with Gasteiger partial charge in [-0.2, -0.15) is 5.10 Å². The van der Waals surface area contributed by atoms with Crippen molar-refractivity contribution in [2.45, 2.75) is 13.0 Å². The fraction of sp³-hybridized carbons (Fsp3) is 0.0714. The van der Waals surface area contributed by atoms with Gasteiger partial charge in [0.2, 0.25) is 5.91 Å². The molecule has 33 heavy (non-hydrogen) atoms. The van der Waals surface area contributed by atoms with Crippen LogP contribution in [0, 0.1) is 0 Å². The van der Waals surface area contributed by atoms with E-state index in [2.05, 4.69) is 45.6 Å². The molecule has 0 bridgehead atoms. The predicted octanol–water partition coefficient (Wildman–Crippen LogP) is 6.19. The van der Waals surface area contributed by atoms with Gasteiger partial charge < -0.3 is 4.57 Å². The van der Waals surface area contributed by atoms with Gasteiger partial charge in [0.05, 0.1) is 12.6 Å². The Morgan fingerprint density at radius 1 is 0.879 bits per heavy atom. The minimum atomic E-state index is -0.146. The van der Waals surface area contributed by atoms with Crippen LogP contribution in [0.4, 0.5) is 0 Å². The zero-order chi connectivity index (χ0) is 22.6. The molecule has 1 amide bonds. The van der Waals surface area contributed by atoms with E-state index in [0.29, 0.717) is 0 Å². The monoisotopic (exact) mass is 451 g/mol. The molecule has 4 aromatic carbocycles. The summed E-state index contributed by atoms with van der Waals surface area (Å²) in [6, 6.07) is 30.1. The third kappa shape index (κ3) is 4.66. The summed E-state index contributed by atoms with van der Waals surface area (Å²) in [7, 11) is 0. The van der Waals surface area contributed by atoms with E-state index < -0.39 is 0 Å². The zero-order valence-corrected chi connectivity index (χ0v) is 18.7. The van der Waals surface area contributed by atoms with Gasteiger partial charge in [0, 0.05) is 34.2 Å². The Balaban J connectivity index is 1.33. The summed E-state index contributed by atoms with van der Waals surface area (Å²) in [5, 5.41) is 8.26. The fourth-order valence-electron chi connectivity index (χ4n) is 4.13. The van der Waals surface area contributed by atoms with E-state index >= 15 is 0 Å². The second-order valence-corrected chi connectivity index (χ2v) is 8.40. The third-order valence-electron chi connectivity index (χ3n) is 5.71. The average Bonchev–Trinajstić information content (AvgIpc) is 3.18. The van der Waals surface area contributed by atoms with Crippen LogP contribution in [-0.2, 0) is 17.8 Å². The van der Waals surface area contributed by atoms with Gasteiger partial charge in [-0.1, -0.05) is 84.4 Å². The molecule has 0 atom stereocenters. The number of hydrogen-bond donors (Lipinski definition) is 1. The van der Waals surface area contributed by atoms with Gasteiger partial charge in [-0.15, -0.1) is 0 Å². The lowest BCUT2D eigenvalue weighted by molar-refractivity contribution is -0.120. The number of fused-ring (bicyclic) bond motifs is 2. The first kappa shape index (κ1) is 21.0. The SMILES string of the molecule is O=C(Cc1cccc2ccccc12)N/N=C\c1cn(Cc2ccc(Cl)cc2)c2ccccc12. The van der Waals surface area contributed by atoms with Crippen LogP contribution < -0.4 is 5.43 Å². The molecule has 0 radical (unpaired) electrons. The van der Waals surface area contributed by atoms with Crippen molar-refractivity contribution in [1.82, 2.24) is 9.99 Å². The number of hydrazone groups is 1. The molecule has 5 heteroatoms. The minimum Gasteiger partial charge on any atom is -0.342 e. The summed E-state index contributed by atoms with van der Waals surface area (Å²) < 4.78 is 2.18. The maximum absolute atomic E-state index is 12.5. The second-order valence-electron chi connectivity index (χ2n) is 7.96. The van der Waals surface area contributed by atoms with E-state index in [-0.39, 0.29) is 12.3 Å². The molecule has 1 N–H and O–H groups in total. The van der Waals surface area contributed by atoms with Crippen LogP contribution in [-0.4, -0.2) is 16.7 Å². The Bertz CT molecular complexity index is 1460. The molecule has 162 valence electrons. The quantitative estimate of drug-likeness (QED) is 0.243. The maximum Gasteiger partial charge on any atom is 0.244 e. The number of amides is 1. The topological polar surface area (TPSA) is 46.4 Å².